The fourth-order valence-electron chi connectivity index (χ4n) is 2.69. The Bertz CT molecular complexity index is 714. The first-order chi connectivity index (χ1) is 12.0. The van der Waals surface area contributed by atoms with Crippen molar-refractivity contribution in [3.63, 3.8) is 0 Å². The first kappa shape index (κ1) is 18.7. The summed E-state index contributed by atoms with van der Waals surface area (Å²) in [5, 5.41) is 8.71. The molecule has 2 rings (SSSR count). The van der Waals surface area contributed by atoms with Crippen LogP contribution < -0.4 is 16.0 Å². The molecule has 0 aromatic heterocycles. The average molecular weight is 339 g/mol. The minimum atomic E-state index is -0.182. The highest BCUT2D eigenvalue weighted by Gasteiger charge is 2.16. The van der Waals surface area contributed by atoms with Crippen LogP contribution in [0.25, 0.3) is 0 Å². The van der Waals surface area contributed by atoms with Crippen LogP contribution in [-0.2, 0) is 4.79 Å². The zero-order valence-corrected chi connectivity index (χ0v) is 14.9. The number of carbonyl (C=O) groups excluding carboxylic acids is 2. The van der Waals surface area contributed by atoms with Crippen molar-refractivity contribution in [1.29, 1.82) is 0 Å². The highest BCUT2D eigenvalue weighted by Crippen LogP contribution is 2.21. The molecule has 1 atom stereocenters. The molecule has 3 N–H and O–H groups in total. The molecule has 0 unspecified atom stereocenters. The van der Waals surface area contributed by atoms with Crippen LogP contribution in [0.1, 0.15) is 35.8 Å². The maximum Gasteiger partial charge on any atom is 0.251 e. The SMILES string of the molecule is CNC(=O)c1cccc(NC(=O)CN[C@@H](c2ccccc2)C(C)C)c1. The number of benzene rings is 2. The summed E-state index contributed by atoms with van der Waals surface area (Å²) in [4.78, 5) is 23.9. The van der Waals surface area contributed by atoms with Crippen LogP contribution in [0, 0.1) is 5.92 Å². The standard InChI is InChI=1S/C20H25N3O2/c1-14(2)19(15-8-5-4-6-9-15)22-13-18(24)23-17-11-7-10-16(12-17)20(25)21-3/h4-12,14,19,22H,13H2,1-3H3,(H,21,25)(H,23,24)/t19-/m1/s1. The van der Waals surface area contributed by atoms with Crippen molar-refractivity contribution in [3.05, 3.63) is 65.7 Å². The Morgan fingerprint density at radius 3 is 2.36 bits per heavy atom. The summed E-state index contributed by atoms with van der Waals surface area (Å²) in [7, 11) is 1.58. The van der Waals surface area contributed by atoms with Gasteiger partial charge in [-0.25, -0.2) is 0 Å². The molecule has 132 valence electrons. The van der Waals surface area contributed by atoms with Crippen LogP contribution in [0.3, 0.4) is 0 Å². The topological polar surface area (TPSA) is 70.2 Å². The second kappa shape index (κ2) is 8.99. The highest BCUT2D eigenvalue weighted by atomic mass is 16.2. The van der Waals surface area contributed by atoms with Gasteiger partial charge in [0.05, 0.1) is 6.54 Å². The maximum absolute atomic E-state index is 12.2. The Morgan fingerprint density at radius 2 is 1.72 bits per heavy atom. The van der Waals surface area contributed by atoms with Crippen LogP contribution in [0.2, 0.25) is 0 Å². The smallest absolute Gasteiger partial charge is 0.251 e. The van der Waals surface area contributed by atoms with Crippen LogP contribution in [-0.4, -0.2) is 25.4 Å². The van der Waals surface area contributed by atoms with Crippen molar-refractivity contribution in [2.24, 2.45) is 5.92 Å². The summed E-state index contributed by atoms with van der Waals surface area (Å²) in [6, 6.07) is 17.1. The lowest BCUT2D eigenvalue weighted by Crippen LogP contribution is -2.33. The summed E-state index contributed by atoms with van der Waals surface area (Å²) in [6.07, 6.45) is 0. The van der Waals surface area contributed by atoms with Crippen molar-refractivity contribution < 1.29 is 9.59 Å². The predicted molar refractivity (Wildman–Crippen MR) is 100 cm³/mol. The zero-order valence-electron chi connectivity index (χ0n) is 14.9. The molecule has 2 aromatic rings. The third-order valence-electron chi connectivity index (χ3n) is 3.94. The van der Waals surface area contributed by atoms with Crippen molar-refractivity contribution in [2.75, 3.05) is 18.9 Å². The molecular formula is C20H25N3O2. The fourth-order valence-corrected chi connectivity index (χ4v) is 2.69. The number of rotatable bonds is 7. The molecule has 0 radical (unpaired) electrons. The maximum atomic E-state index is 12.2. The molecule has 0 aliphatic heterocycles. The largest absolute Gasteiger partial charge is 0.355 e. The van der Waals surface area contributed by atoms with Crippen molar-refractivity contribution in [2.45, 2.75) is 19.9 Å². The van der Waals surface area contributed by atoms with Gasteiger partial charge in [-0.3, -0.25) is 9.59 Å². The molecule has 0 saturated carbocycles. The van der Waals surface area contributed by atoms with E-state index in [0.29, 0.717) is 17.2 Å². The number of amides is 2. The highest BCUT2D eigenvalue weighted by molar-refractivity contribution is 5.97. The van der Waals surface area contributed by atoms with E-state index in [0.717, 1.165) is 5.56 Å². The van der Waals surface area contributed by atoms with Gasteiger partial charge in [0.25, 0.3) is 5.91 Å². The van der Waals surface area contributed by atoms with Gasteiger partial charge >= 0.3 is 0 Å². The number of carbonyl (C=O) groups is 2. The van der Waals surface area contributed by atoms with E-state index in [9.17, 15) is 9.59 Å². The number of nitrogens with one attached hydrogen (secondary N) is 3. The lowest BCUT2D eigenvalue weighted by molar-refractivity contribution is -0.115. The lowest BCUT2D eigenvalue weighted by Gasteiger charge is -2.22. The minimum absolute atomic E-state index is 0.101. The summed E-state index contributed by atoms with van der Waals surface area (Å²) in [5.74, 6) is 0.0283. The summed E-state index contributed by atoms with van der Waals surface area (Å²) >= 11 is 0. The minimum Gasteiger partial charge on any atom is -0.355 e. The Labute approximate surface area is 148 Å². The number of hydrogen-bond donors (Lipinski definition) is 3. The first-order valence-electron chi connectivity index (χ1n) is 8.41. The average Bonchev–Trinajstić information content (AvgIpc) is 2.62. The predicted octanol–water partition coefficient (Wildman–Crippen LogP) is 2.97. The molecule has 2 amide bonds. The Kier molecular flexibility index (Phi) is 6.71. The fraction of sp³-hybridized carbons (Fsp3) is 0.300. The molecule has 0 fully saturated rings. The van der Waals surface area contributed by atoms with Gasteiger partial charge in [0.2, 0.25) is 5.91 Å². The van der Waals surface area contributed by atoms with Gasteiger partial charge < -0.3 is 16.0 Å². The molecule has 0 spiro atoms. The molecule has 0 aliphatic rings. The second-order valence-corrected chi connectivity index (χ2v) is 6.22. The second-order valence-electron chi connectivity index (χ2n) is 6.22. The third-order valence-corrected chi connectivity index (χ3v) is 3.94. The zero-order chi connectivity index (χ0) is 18.2. The number of hydrogen-bond acceptors (Lipinski definition) is 3. The lowest BCUT2D eigenvalue weighted by atomic mass is 9.96. The Balaban J connectivity index is 1.97. The van der Waals surface area contributed by atoms with Gasteiger partial charge in [0.15, 0.2) is 0 Å². The molecule has 2 aromatic carbocycles. The van der Waals surface area contributed by atoms with Crippen LogP contribution in [0.5, 0.6) is 0 Å². The first-order valence-corrected chi connectivity index (χ1v) is 8.41. The van der Waals surface area contributed by atoms with E-state index < -0.39 is 0 Å². The monoisotopic (exact) mass is 339 g/mol. The van der Waals surface area contributed by atoms with Crippen LogP contribution in [0.15, 0.2) is 54.6 Å². The van der Waals surface area contributed by atoms with Gasteiger partial charge in [-0.15, -0.1) is 0 Å². The summed E-state index contributed by atoms with van der Waals surface area (Å²) < 4.78 is 0. The molecule has 0 saturated heterocycles. The quantitative estimate of drug-likeness (QED) is 0.726. The molecule has 0 bridgehead atoms. The third kappa shape index (κ3) is 5.43. The van der Waals surface area contributed by atoms with Gasteiger partial charge in [0.1, 0.15) is 0 Å². The van der Waals surface area contributed by atoms with E-state index in [1.165, 1.54) is 0 Å². The molecule has 5 heteroatoms. The molecule has 25 heavy (non-hydrogen) atoms. The van der Waals surface area contributed by atoms with Crippen LogP contribution >= 0.6 is 0 Å². The van der Waals surface area contributed by atoms with E-state index in [1.54, 1.807) is 31.3 Å². The Morgan fingerprint density at radius 1 is 1.00 bits per heavy atom. The van der Waals surface area contributed by atoms with Crippen molar-refractivity contribution >= 4 is 17.5 Å². The molecule has 0 aliphatic carbocycles. The van der Waals surface area contributed by atoms with Gasteiger partial charge in [0, 0.05) is 24.3 Å². The normalized spacial score (nSPS) is 11.8. The summed E-state index contributed by atoms with van der Waals surface area (Å²) in [5.41, 5.74) is 2.28. The Hall–Kier alpha value is -2.66. The van der Waals surface area contributed by atoms with Crippen molar-refractivity contribution in [1.82, 2.24) is 10.6 Å². The van der Waals surface area contributed by atoms with Crippen molar-refractivity contribution in [3.8, 4) is 0 Å². The molecule has 5 nitrogen and oxygen atoms in total. The van der Waals surface area contributed by atoms with E-state index in [-0.39, 0.29) is 24.4 Å². The van der Waals surface area contributed by atoms with Gasteiger partial charge in [-0.2, -0.15) is 0 Å². The van der Waals surface area contributed by atoms with Gasteiger partial charge in [-0.05, 0) is 29.7 Å². The van der Waals surface area contributed by atoms with E-state index >= 15 is 0 Å². The molecule has 0 heterocycles. The van der Waals surface area contributed by atoms with E-state index in [4.69, 9.17) is 0 Å². The number of anilines is 1. The van der Waals surface area contributed by atoms with Gasteiger partial charge in [-0.1, -0.05) is 50.2 Å². The molecular weight excluding hydrogens is 314 g/mol. The van der Waals surface area contributed by atoms with E-state index in [1.807, 2.05) is 18.2 Å². The van der Waals surface area contributed by atoms with Crippen LogP contribution in [0.4, 0.5) is 5.69 Å². The van der Waals surface area contributed by atoms with E-state index in [2.05, 4.69) is 41.9 Å². The summed E-state index contributed by atoms with van der Waals surface area (Å²) in [6.45, 7) is 4.44.